The van der Waals surface area contributed by atoms with Crippen LogP contribution in [0.4, 0.5) is 0 Å². The van der Waals surface area contributed by atoms with Crippen LogP contribution >= 0.6 is 0 Å². The van der Waals surface area contributed by atoms with Crippen molar-refractivity contribution in [1.29, 1.82) is 0 Å². The lowest BCUT2D eigenvalue weighted by Gasteiger charge is -2.09. The molecule has 3 aromatic carbocycles. The second-order valence-electron chi connectivity index (χ2n) is 5.74. The molecule has 0 aliphatic carbocycles. The maximum atomic E-state index is 10.2. The van der Waals surface area contributed by atoms with E-state index in [0.717, 1.165) is 11.1 Å². The van der Waals surface area contributed by atoms with Crippen LogP contribution in [-0.4, -0.2) is 25.2 Å². The smallest absolute Gasteiger partial charge is 0.167 e. The molecule has 0 spiro atoms. The molecule has 0 aliphatic heterocycles. The van der Waals surface area contributed by atoms with E-state index < -0.39 is 0 Å². The minimum absolute atomic E-state index is 0.0214. The van der Waals surface area contributed by atoms with E-state index in [1.807, 2.05) is 74.5 Å². The van der Waals surface area contributed by atoms with E-state index in [1.54, 1.807) is 6.07 Å². The third-order valence-electron chi connectivity index (χ3n) is 3.92. The third kappa shape index (κ3) is 4.15. The summed E-state index contributed by atoms with van der Waals surface area (Å²) in [4.78, 5) is 13.6. The third-order valence-corrected chi connectivity index (χ3v) is 3.92. The minimum atomic E-state index is -0.0887. The van der Waals surface area contributed by atoms with Gasteiger partial charge in [0.1, 0.15) is 11.5 Å². The quantitative estimate of drug-likeness (QED) is 0.510. The van der Waals surface area contributed by atoms with E-state index in [4.69, 9.17) is 0 Å². The van der Waals surface area contributed by atoms with Gasteiger partial charge in [0.05, 0.1) is 5.56 Å². The highest BCUT2D eigenvalue weighted by Crippen LogP contribution is 2.32. The first-order valence-electron chi connectivity index (χ1n) is 9.10. The predicted molar refractivity (Wildman–Crippen MR) is 111 cm³/mol. The van der Waals surface area contributed by atoms with Crippen LogP contribution in [0.15, 0.2) is 78.9 Å². The number of hydrogen-bond acceptors (Lipinski definition) is 5. The van der Waals surface area contributed by atoms with Crippen LogP contribution in [0, 0.1) is 0 Å². The fourth-order valence-corrected chi connectivity index (χ4v) is 2.64. The largest absolute Gasteiger partial charge is 0.508 e. The molecule has 0 fully saturated rings. The zero-order valence-corrected chi connectivity index (χ0v) is 15.7. The predicted octanol–water partition coefficient (Wildman–Crippen LogP) is 5.31. The van der Waals surface area contributed by atoms with E-state index >= 15 is 0 Å². The second-order valence-corrected chi connectivity index (χ2v) is 5.74. The monoisotopic (exact) mass is 371 g/mol. The Kier molecular flexibility index (Phi) is 5.97. The molecule has 4 aromatic rings. The Bertz CT molecular complexity index is 994. The van der Waals surface area contributed by atoms with Gasteiger partial charge in [-0.3, -0.25) is 0 Å². The van der Waals surface area contributed by atoms with E-state index in [9.17, 15) is 10.2 Å². The number of rotatable bonds is 3. The summed E-state index contributed by atoms with van der Waals surface area (Å²) in [5, 5.41) is 19.7. The molecule has 0 saturated carbocycles. The fourth-order valence-electron chi connectivity index (χ4n) is 2.64. The summed E-state index contributed by atoms with van der Waals surface area (Å²) in [6.07, 6.45) is 0. The lowest BCUT2D eigenvalue weighted by atomic mass is 10.1. The van der Waals surface area contributed by atoms with Gasteiger partial charge in [0.15, 0.2) is 17.5 Å². The van der Waals surface area contributed by atoms with Crippen molar-refractivity contribution in [3.63, 3.8) is 0 Å². The van der Waals surface area contributed by atoms with Gasteiger partial charge >= 0.3 is 0 Å². The van der Waals surface area contributed by atoms with Crippen LogP contribution in [-0.2, 0) is 0 Å². The summed E-state index contributed by atoms with van der Waals surface area (Å²) >= 11 is 0. The summed E-state index contributed by atoms with van der Waals surface area (Å²) < 4.78 is 0. The van der Waals surface area contributed by atoms with E-state index in [-0.39, 0.29) is 11.5 Å². The van der Waals surface area contributed by atoms with Crippen LogP contribution < -0.4 is 0 Å². The van der Waals surface area contributed by atoms with Crippen molar-refractivity contribution in [3.05, 3.63) is 78.9 Å². The zero-order valence-electron chi connectivity index (χ0n) is 15.7. The first kappa shape index (κ1) is 19.0. The molecule has 0 bridgehead atoms. The summed E-state index contributed by atoms with van der Waals surface area (Å²) in [6, 6.07) is 23.5. The number of phenolic OH excluding ortho intramolecular Hbond substituents is 2. The molecule has 0 unspecified atom stereocenters. The van der Waals surface area contributed by atoms with Gasteiger partial charge in [-0.25, -0.2) is 15.0 Å². The number of aromatic nitrogens is 3. The lowest BCUT2D eigenvalue weighted by molar-refractivity contribution is 0.451. The molecule has 5 heteroatoms. The van der Waals surface area contributed by atoms with Crippen LogP contribution in [0.1, 0.15) is 13.8 Å². The Labute approximate surface area is 164 Å². The van der Waals surface area contributed by atoms with Gasteiger partial charge in [-0.15, -0.1) is 0 Å². The standard InChI is InChI=1S/C21H15N3O2.C2H6/c25-16-11-12-17(18(26)13-16)21-23-19(14-7-3-1-4-8-14)22-20(24-21)15-9-5-2-6-10-15;1-2/h1-13,25-26H;1-2H3. The van der Waals surface area contributed by atoms with Crippen molar-refractivity contribution in [3.8, 4) is 45.7 Å². The number of benzene rings is 3. The van der Waals surface area contributed by atoms with Gasteiger partial charge in [-0.2, -0.15) is 0 Å². The molecule has 140 valence electrons. The molecule has 1 heterocycles. The molecule has 0 saturated heterocycles. The number of aromatic hydroxyl groups is 2. The molecule has 5 nitrogen and oxygen atoms in total. The average molecular weight is 371 g/mol. The van der Waals surface area contributed by atoms with Gasteiger partial charge in [-0.05, 0) is 12.1 Å². The Hall–Kier alpha value is -3.73. The summed E-state index contributed by atoms with van der Waals surface area (Å²) in [7, 11) is 0. The van der Waals surface area contributed by atoms with Gasteiger partial charge in [0.25, 0.3) is 0 Å². The van der Waals surface area contributed by atoms with Gasteiger partial charge < -0.3 is 10.2 Å². The van der Waals surface area contributed by atoms with Crippen molar-refractivity contribution >= 4 is 0 Å². The number of nitrogens with zero attached hydrogens (tertiary/aromatic N) is 3. The van der Waals surface area contributed by atoms with Crippen LogP contribution in [0.2, 0.25) is 0 Å². The fraction of sp³-hybridized carbons (Fsp3) is 0.0870. The first-order chi connectivity index (χ1) is 13.7. The van der Waals surface area contributed by atoms with Gasteiger partial charge in [0.2, 0.25) is 0 Å². The van der Waals surface area contributed by atoms with Crippen molar-refractivity contribution in [2.45, 2.75) is 13.8 Å². The normalized spacial score (nSPS) is 10.1. The molecule has 1 aromatic heterocycles. The summed E-state index contributed by atoms with van der Waals surface area (Å²) in [6.45, 7) is 4.00. The SMILES string of the molecule is CC.Oc1ccc(-c2nc(-c3ccccc3)nc(-c3ccccc3)n2)c(O)c1. The number of phenols is 2. The molecule has 28 heavy (non-hydrogen) atoms. The average Bonchev–Trinajstić information content (AvgIpc) is 2.76. The lowest BCUT2D eigenvalue weighted by Crippen LogP contribution is -2.00. The molecule has 0 atom stereocenters. The highest BCUT2D eigenvalue weighted by Gasteiger charge is 2.14. The van der Waals surface area contributed by atoms with E-state index in [2.05, 4.69) is 15.0 Å². The topological polar surface area (TPSA) is 79.1 Å². The maximum absolute atomic E-state index is 10.2. The molecule has 0 radical (unpaired) electrons. The zero-order chi connectivity index (χ0) is 19.9. The van der Waals surface area contributed by atoms with Crippen molar-refractivity contribution in [1.82, 2.24) is 15.0 Å². The Balaban J connectivity index is 0.00000109. The highest BCUT2D eigenvalue weighted by atomic mass is 16.3. The van der Waals surface area contributed by atoms with Crippen molar-refractivity contribution < 1.29 is 10.2 Å². The van der Waals surface area contributed by atoms with Gasteiger partial charge in [-0.1, -0.05) is 74.5 Å². The highest BCUT2D eigenvalue weighted by molar-refractivity contribution is 5.70. The Morgan fingerprint density at radius 2 is 1.04 bits per heavy atom. The Morgan fingerprint density at radius 3 is 1.50 bits per heavy atom. The minimum Gasteiger partial charge on any atom is -0.508 e. The molecule has 4 rings (SSSR count). The molecule has 0 aliphatic rings. The van der Waals surface area contributed by atoms with Crippen molar-refractivity contribution in [2.24, 2.45) is 0 Å². The van der Waals surface area contributed by atoms with E-state index in [1.165, 1.54) is 12.1 Å². The van der Waals surface area contributed by atoms with Crippen molar-refractivity contribution in [2.75, 3.05) is 0 Å². The van der Waals surface area contributed by atoms with Crippen LogP contribution in [0.25, 0.3) is 34.2 Å². The Morgan fingerprint density at radius 1 is 0.571 bits per heavy atom. The second kappa shape index (κ2) is 8.77. The maximum Gasteiger partial charge on any atom is 0.167 e. The van der Waals surface area contributed by atoms with E-state index in [0.29, 0.717) is 23.0 Å². The molecule has 2 N–H and O–H groups in total. The first-order valence-corrected chi connectivity index (χ1v) is 9.10. The van der Waals surface area contributed by atoms with Crippen LogP contribution in [0.5, 0.6) is 11.5 Å². The number of hydrogen-bond donors (Lipinski definition) is 2. The summed E-state index contributed by atoms with van der Waals surface area (Å²) in [5.41, 5.74) is 2.14. The molecular formula is C23H21N3O2. The molecular weight excluding hydrogens is 350 g/mol. The molecule has 0 amide bonds. The summed E-state index contributed by atoms with van der Waals surface area (Å²) in [5.74, 6) is 1.26. The van der Waals surface area contributed by atoms with Gasteiger partial charge in [0, 0.05) is 17.2 Å². The van der Waals surface area contributed by atoms with Crippen LogP contribution in [0.3, 0.4) is 0 Å².